The zero-order valence-electron chi connectivity index (χ0n) is 9.98. The number of benzene rings is 1. The van der Waals surface area contributed by atoms with Crippen molar-refractivity contribution in [1.29, 1.82) is 0 Å². The Labute approximate surface area is 107 Å². The van der Waals surface area contributed by atoms with Crippen molar-refractivity contribution in [3.05, 3.63) is 85.5 Å². The van der Waals surface area contributed by atoms with E-state index in [1.165, 1.54) is 5.56 Å². The van der Waals surface area contributed by atoms with Crippen LogP contribution in [0.5, 0.6) is 0 Å². The summed E-state index contributed by atoms with van der Waals surface area (Å²) in [7, 11) is 0. The molecule has 3 rings (SSSR count). The normalized spacial score (nSPS) is 9.11. The van der Waals surface area contributed by atoms with Crippen LogP contribution in [-0.4, -0.2) is 9.97 Å². The fourth-order valence-electron chi connectivity index (χ4n) is 1.48. The van der Waals surface area contributed by atoms with E-state index >= 15 is 0 Å². The lowest BCUT2D eigenvalue weighted by Gasteiger charge is -1.97. The number of rotatable bonds is 1. The fraction of sp³-hybridized carbons (Fsp3) is 0. The number of pyridine rings is 2. The molecular formula is C16H14N2. The minimum absolute atomic E-state index is 1.16. The van der Waals surface area contributed by atoms with Crippen LogP contribution in [0.2, 0.25) is 0 Å². The first-order valence-corrected chi connectivity index (χ1v) is 5.77. The lowest BCUT2D eigenvalue weighted by Crippen LogP contribution is -1.76. The van der Waals surface area contributed by atoms with Crippen LogP contribution < -0.4 is 0 Å². The van der Waals surface area contributed by atoms with Gasteiger partial charge in [0, 0.05) is 24.8 Å². The van der Waals surface area contributed by atoms with E-state index in [1.807, 2.05) is 48.7 Å². The highest BCUT2D eigenvalue weighted by Crippen LogP contribution is 2.16. The third kappa shape index (κ3) is 3.83. The maximum absolute atomic E-state index is 4.06. The minimum Gasteiger partial charge on any atom is -0.265 e. The molecule has 0 spiro atoms. The van der Waals surface area contributed by atoms with Crippen molar-refractivity contribution in [2.45, 2.75) is 0 Å². The molecule has 2 heteroatoms. The zero-order valence-corrected chi connectivity index (χ0v) is 9.98. The molecule has 2 heterocycles. The molecule has 0 radical (unpaired) electrons. The second-order valence-corrected chi connectivity index (χ2v) is 3.63. The third-order valence-electron chi connectivity index (χ3n) is 2.34. The van der Waals surface area contributed by atoms with Gasteiger partial charge in [-0.2, -0.15) is 0 Å². The third-order valence-corrected chi connectivity index (χ3v) is 2.34. The van der Waals surface area contributed by atoms with Gasteiger partial charge in [0.1, 0.15) is 0 Å². The van der Waals surface area contributed by atoms with E-state index < -0.39 is 0 Å². The Balaban J connectivity index is 0.000000169. The van der Waals surface area contributed by atoms with E-state index in [9.17, 15) is 0 Å². The van der Waals surface area contributed by atoms with E-state index in [1.54, 1.807) is 18.6 Å². The monoisotopic (exact) mass is 234 g/mol. The molecule has 0 bridgehead atoms. The summed E-state index contributed by atoms with van der Waals surface area (Å²) >= 11 is 0. The summed E-state index contributed by atoms with van der Waals surface area (Å²) in [4.78, 5) is 7.85. The van der Waals surface area contributed by atoms with E-state index in [2.05, 4.69) is 28.2 Å². The van der Waals surface area contributed by atoms with Gasteiger partial charge in [0.2, 0.25) is 0 Å². The van der Waals surface area contributed by atoms with Gasteiger partial charge in [-0.3, -0.25) is 9.97 Å². The van der Waals surface area contributed by atoms with Gasteiger partial charge in [0.25, 0.3) is 0 Å². The summed E-state index contributed by atoms with van der Waals surface area (Å²) in [6.07, 6.45) is 7.15. The number of nitrogens with zero attached hydrogens (tertiary/aromatic N) is 2. The molecule has 0 saturated heterocycles. The summed E-state index contributed by atoms with van der Waals surface area (Å²) in [6, 6.07) is 20.0. The Morgan fingerprint density at radius 3 is 1.61 bits per heavy atom. The van der Waals surface area contributed by atoms with Crippen molar-refractivity contribution >= 4 is 0 Å². The van der Waals surface area contributed by atoms with Gasteiger partial charge in [-0.05, 0) is 29.3 Å². The average Bonchev–Trinajstić information content (AvgIpc) is 2.51. The molecule has 0 amide bonds. The predicted octanol–water partition coefficient (Wildman–Crippen LogP) is 3.83. The summed E-state index contributed by atoms with van der Waals surface area (Å²) in [6.45, 7) is 0. The van der Waals surface area contributed by atoms with Gasteiger partial charge in [-0.1, -0.05) is 42.5 Å². The van der Waals surface area contributed by atoms with E-state index in [-0.39, 0.29) is 0 Å². The SMILES string of the molecule is c1ccc(-c2cccnc2)cc1.c1ccncc1. The number of aromatic nitrogens is 2. The molecule has 3 aromatic rings. The summed E-state index contributed by atoms with van der Waals surface area (Å²) in [5, 5.41) is 0. The van der Waals surface area contributed by atoms with Crippen LogP contribution in [0.25, 0.3) is 11.1 Å². The van der Waals surface area contributed by atoms with Gasteiger partial charge in [0.15, 0.2) is 0 Å². The lowest BCUT2D eigenvalue weighted by molar-refractivity contribution is 1.33. The maximum Gasteiger partial charge on any atom is 0.0346 e. The highest BCUT2D eigenvalue weighted by atomic mass is 14.6. The molecular weight excluding hydrogens is 220 g/mol. The smallest absolute Gasteiger partial charge is 0.0346 e. The zero-order chi connectivity index (χ0) is 12.5. The molecule has 2 aromatic heterocycles. The highest BCUT2D eigenvalue weighted by Gasteiger charge is 1.92. The van der Waals surface area contributed by atoms with Crippen LogP contribution in [0, 0.1) is 0 Å². The first-order chi connectivity index (χ1) is 8.97. The molecule has 0 unspecified atom stereocenters. The first kappa shape index (κ1) is 12.0. The predicted molar refractivity (Wildman–Crippen MR) is 73.9 cm³/mol. The summed E-state index contributed by atoms with van der Waals surface area (Å²) in [5.74, 6) is 0. The van der Waals surface area contributed by atoms with Crippen LogP contribution in [0.4, 0.5) is 0 Å². The Hall–Kier alpha value is -2.48. The summed E-state index contributed by atoms with van der Waals surface area (Å²) in [5.41, 5.74) is 2.38. The Kier molecular flexibility index (Phi) is 4.64. The van der Waals surface area contributed by atoms with Gasteiger partial charge < -0.3 is 0 Å². The van der Waals surface area contributed by atoms with Gasteiger partial charge >= 0.3 is 0 Å². The first-order valence-electron chi connectivity index (χ1n) is 5.77. The Morgan fingerprint density at radius 1 is 0.500 bits per heavy atom. The molecule has 0 aliphatic carbocycles. The van der Waals surface area contributed by atoms with Crippen LogP contribution in [0.3, 0.4) is 0 Å². The van der Waals surface area contributed by atoms with Crippen molar-refractivity contribution in [3.63, 3.8) is 0 Å². The maximum atomic E-state index is 4.06. The van der Waals surface area contributed by atoms with Crippen molar-refractivity contribution in [2.75, 3.05) is 0 Å². The second kappa shape index (κ2) is 6.97. The standard InChI is InChI=1S/C11H9N.C5H5N/c1-2-5-10(6-3-1)11-7-4-8-12-9-11;1-2-4-6-5-3-1/h1-9H;1-5H. The molecule has 0 atom stereocenters. The Bertz CT molecular complexity index is 472. The molecule has 0 aliphatic rings. The second-order valence-electron chi connectivity index (χ2n) is 3.63. The molecule has 0 fully saturated rings. The largest absolute Gasteiger partial charge is 0.265 e. The highest BCUT2D eigenvalue weighted by molar-refractivity contribution is 5.61. The van der Waals surface area contributed by atoms with Crippen LogP contribution in [-0.2, 0) is 0 Å². The number of hydrogen-bond donors (Lipinski definition) is 0. The van der Waals surface area contributed by atoms with E-state index in [0.29, 0.717) is 0 Å². The average molecular weight is 234 g/mol. The lowest BCUT2D eigenvalue weighted by atomic mass is 10.1. The van der Waals surface area contributed by atoms with E-state index in [4.69, 9.17) is 0 Å². The van der Waals surface area contributed by atoms with Crippen molar-refractivity contribution in [1.82, 2.24) is 9.97 Å². The quantitative estimate of drug-likeness (QED) is 0.639. The Morgan fingerprint density at radius 2 is 1.11 bits per heavy atom. The van der Waals surface area contributed by atoms with Crippen LogP contribution in [0.1, 0.15) is 0 Å². The molecule has 0 N–H and O–H groups in total. The fourth-order valence-corrected chi connectivity index (χ4v) is 1.48. The molecule has 0 aliphatic heterocycles. The van der Waals surface area contributed by atoms with Crippen molar-refractivity contribution < 1.29 is 0 Å². The molecule has 2 nitrogen and oxygen atoms in total. The molecule has 88 valence electrons. The van der Waals surface area contributed by atoms with Crippen LogP contribution in [0.15, 0.2) is 85.5 Å². The van der Waals surface area contributed by atoms with Gasteiger partial charge in [-0.15, -0.1) is 0 Å². The molecule has 18 heavy (non-hydrogen) atoms. The van der Waals surface area contributed by atoms with E-state index in [0.717, 1.165) is 5.56 Å². The minimum atomic E-state index is 1.16. The molecule has 1 aromatic carbocycles. The van der Waals surface area contributed by atoms with Crippen molar-refractivity contribution in [2.24, 2.45) is 0 Å². The summed E-state index contributed by atoms with van der Waals surface area (Å²) < 4.78 is 0. The van der Waals surface area contributed by atoms with Gasteiger partial charge in [0.05, 0.1) is 0 Å². The number of hydrogen-bond acceptors (Lipinski definition) is 2. The molecule has 0 saturated carbocycles. The van der Waals surface area contributed by atoms with Crippen molar-refractivity contribution in [3.8, 4) is 11.1 Å². The van der Waals surface area contributed by atoms with Gasteiger partial charge in [-0.25, -0.2) is 0 Å². The topological polar surface area (TPSA) is 25.8 Å². The van der Waals surface area contributed by atoms with Crippen LogP contribution >= 0.6 is 0 Å².